The molecule has 0 bridgehead atoms. The summed E-state index contributed by atoms with van der Waals surface area (Å²) in [6.07, 6.45) is 29.1. The standard InChI is InChI=1S/C36H35F2N9O2S.C35H33F2N9O2S.C35H37N9O2S/c1-3-31-39-13-7-30(43-31)33-26-17-23(5-6-29(26)44-45-33)42-35(49)36(50-2)10-16-46(21-36)20-32(48)47-14-8-22(9-15-47)24-18-28(38)25(19-27(24)37)34-40-11-4-12-41-34;1-21-38-12-6-30(41-21)32-26-16-23(4-5-29(26)43-44-32)42-34(48)35(49-2)9-15-45(20-35)19-31(47)46-13-7-22(8-14-46)24-17-28(37)25(18-27(24)36)33-39-10-3-11-40-33;1-23-36-16-10-30(39-23)32-28-20-27(8-9-29(28)41-42-32)40-34(46)35(47-2)13-19-43(22-35)21-31(45)44-17-11-25(12-18-44)24-4-6-26(7-5-24)33-37-14-3-15-38-33/h4-8,11-13,17-19H,3,9-10,14-16,20-21H2,1-2H3,(H,42,49)(H,44,45);3-7,10-12,16-18H,8-9,13-15,19-20H2,1-2H3,(H,42,48)(H,43,44);3-10,14-16,20,25H,11-13,17-19,21-22H2,1-2H3,(H,40,46)(H,41,42)/t36-;2*35-/m000/s1. The number of rotatable bonds is 25. The van der Waals surface area contributed by atoms with Crippen molar-refractivity contribution in [3.05, 3.63) is 265 Å². The van der Waals surface area contributed by atoms with Crippen LogP contribution in [0.4, 0.5) is 34.6 Å². The molecule has 0 unspecified atom stereocenters. The Balaban J connectivity index is 0.000000138. The largest absolute Gasteiger partial charge is 0.342 e. The van der Waals surface area contributed by atoms with Crippen molar-refractivity contribution in [1.29, 1.82) is 0 Å². The number of carbonyl (C=O) groups is 6. The van der Waals surface area contributed by atoms with Crippen LogP contribution in [-0.2, 0) is 35.2 Å². The Labute approximate surface area is 850 Å². The van der Waals surface area contributed by atoms with Crippen molar-refractivity contribution in [2.24, 2.45) is 0 Å². The molecule has 9 aromatic heterocycles. The summed E-state index contributed by atoms with van der Waals surface area (Å²) >= 11 is 4.52. The number of amides is 6. The van der Waals surface area contributed by atoms with Crippen LogP contribution in [0, 0.1) is 37.1 Å². The van der Waals surface area contributed by atoms with E-state index in [0.29, 0.717) is 172 Å². The van der Waals surface area contributed by atoms with Crippen molar-refractivity contribution in [2.45, 2.75) is 92.3 Å². The minimum atomic E-state index is -0.731. The molecule has 6 aromatic carbocycles. The van der Waals surface area contributed by atoms with Crippen LogP contribution in [0.2, 0.25) is 0 Å². The van der Waals surface area contributed by atoms with Gasteiger partial charge in [0.25, 0.3) is 0 Å². The van der Waals surface area contributed by atoms with E-state index in [4.69, 9.17) is 0 Å². The van der Waals surface area contributed by atoms with Gasteiger partial charge in [-0.1, -0.05) is 43.3 Å². The average molecular weight is 2030 g/mol. The first kappa shape index (κ1) is 99.9. The lowest BCUT2D eigenvalue weighted by molar-refractivity contribution is -0.133. The second kappa shape index (κ2) is 44.0. The van der Waals surface area contributed by atoms with Crippen molar-refractivity contribution in [1.82, 2.24) is 120 Å². The molecule has 15 aromatic rings. The zero-order valence-electron chi connectivity index (χ0n) is 81.0. The van der Waals surface area contributed by atoms with E-state index < -0.39 is 37.5 Å². The van der Waals surface area contributed by atoms with Crippen molar-refractivity contribution < 1.29 is 46.3 Å². The molecular formula is C106H105F4N27O6S3. The monoisotopic (exact) mass is 2020 g/mol. The molecule has 0 radical (unpaired) electrons. The summed E-state index contributed by atoms with van der Waals surface area (Å²) < 4.78 is 58.0. The van der Waals surface area contributed by atoms with Gasteiger partial charge >= 0.3 is 0 Å². The number of anilines is 3. The van der Waals surface area contributed by atoms with Crippen molar-refractivity contribution >= 4 is 132 Å². The van der Waals surface area contributed by atoms with E-state index >= 15 is 8.78 Å². The lowest BCUT2D eigenvalue weighted by atomic mass is 9.89. The maximum Gasteiger partial charge on any atom is 0.241 e. The smallest absolute Gasteiger partial charge is 0.241 e. The fourth-order valence-electron chi connectivity index (χ4n) is 19.6. The number of halogens is 4. The van der Waals surface area contributed by atoms with Gasteiger partial charge in [0.15, 0.2) is 17.5 Å². The van der Waals surface area contributed by atoms with Crippen LogP contribution in [0.25, 0.3) is 112 Å². The highest BCUT2D eigenvalue weighted by Crippen LogP contribution is 2.43. The second-order valence-electron chi connectivity index (χ2n) is 36.8. The van der Waals surface area contributed by atoms with Crippen LogP contribution in [0.1, 0.15) is 92.0 Å². The van der Waals surface area contributed by atoms with Gasteiger partial charge in [0.1, 0.15) is 72.1 Å². The number of fused-ring (bicyclic) bond motifs is 3. The number of aromatic nitrogens is 18. The minimum absolute atomic E-state index is 0.00197. The number of hydrogen-bond acceptors (Lipinski definition) is 27. The molecule has 0 aliphatic carbocycles. The van der Waals surface area contributed by atoms with E-state index in [1.54, 1.807) is 82.9 Å². The van der Waals surface area contributed by atoms with Crippen LogP contribution in [-0.4, -0.2) is 286 Å². The van der Waals surface area contributed by atoms with Gasteiger partial charge in [-0.25, -0.2) is 77.4 Å². The molecule has 33 nitrogen and oxygen atoms in total. The van der Waals surface area contributed by atoms with Crippen LogP contribution < -0.4 is 16.0 Å². The fraction of sp³-hybridized carbons (Fsp3) is 0.311. The van der Waals surface area contributed by atoms with Crippen molar-refractivity contribution in [3.63, 3.8) is 0 Å². The molecular weight excluding hydrogens is 1920 g/mol. The topological polar surface area (TPSA) is 399 Å². The third-order valence-electron chi connectivity index (χ3n) is 27.8. The Kier molecular flexibility index (Phi) is 30.1. The maximum atomic E-state index is 15.1. The van der Waals surface area contributed by atoms with Crippen molar-refractivity contribution in [3.8, 4) is 68.3 Å². The number of hydrogen-bond donors (Lipinski definition) is 6. The highest BCUT2D eigenvalue weighted by molar-refractivity contribution is 8.01. The van der Waals surface area contributed by atoms with E-state index in [0.717, 1.165) is 93.7 Å². The summed E-state index contributed by atoms with van der Waals surface area (Å²) in [6.45, 7) is 12.4. The molecule has 4 fully saturated rings. The van der Waals surface area contributed by atoms with Gasteiger partial charge < -0.3 is 30.7 Å². The number of carbonyl (C=O) groups excluding carboxylic acids is 6. The van der Waals surface area contributed by atoms with Gasteiger partial charge in [-0.2, -0.15) is 15.3 Å². The van der Waals surface area contributed by atoms with Gasteiger partial charge in [0, 0.05) is 191 Å². The summed E-state index contributed by atoms with van der Waals surface area (Å²) in [7, 11) is 0. The molecule has 6 N–H and O–H groups in total. The Hall–Kier alpha value is -14.8. The summed E-state index contributed by atoms with van der Waals surface area (Å²) in [5.41, 5.74) is 12.6. The Bertz CT molecular complexity index is 7470. The lowest BCUT2D eigenvalue weighted by Gasteiger charge is -2.33. The Morgan fingerprint density at radius 1 is 0.397 bits per heavy atom. The first-order valence-corrected chi connectivity index (χ1v) is 51.8. The van der Waals surface area contributed by atoms with Gasteiger partial charge in [-0.15, -0.1) is 35.3 Å². The molecule has 0 spiro atoms. The van der Waals surface area contributed by atoms with Crippen LogP contribution in [0.15, 0.2) is 207 Å². The molecule has 146 heavy (non-hydrogen) atoms. The number of piperidine rings is 1. The van der Waals surface area contributed by atoms with Crippen LogP contribution in [0.5, 0.6) is 0 Å². The number of likely N-dealkylation sites (tertiary alicyclic amines) is 4. The van der Waals surface area contributed by atoms with Gasteiger partial charge in [-0.3, -0.25) is 58.8 Å². The quantitative estimate of drug-likeness (QED) is 0.0289. The zero-order valence-corrected chi connectivity index (χ0v) is 83.5. The van der Waals surface area contributed by atoms with Crippen LogP contribution >= 0.6 is 35.3 Å². The number of H-pyrrole nitrogens is 3. The predicted molar refractivity (Wildman–Crippen MR) is 557 cm³/mol. The third-order valence-corrected chi connectivity index (χ3v) is 31.7. The van der Waals surface area contributed by atoms with Crippen LogP contribution in [0.3, 0.4) is 0 Å². The number of nitrogens with zero attached hydrogens (tertiary/aromatic N) is 21. The number of nitrogens with one attached hydrogen (secondary N) is 6. The molecule has 0 saturated carbocycles. The van der Waals surface area contributed by atoms with Crippen molar-refractivity contribution in [2.75, 3.05) is 133 Å². The van der Waals surface area contributed by atoms with Gasteiger partial charge in [0.2, 0.25) is 35.4 Å². The number of aromatic amines is 3. The normalized spacial score (nSPS) is 18.3. The van der Waals surface area contributed by atoms with E-state index in [9.17, 15) is 37.5 Å². The molecule has 21 rings (SSSR count). The minimum Gasteiger partial charge on any atom is -0.342 e. The average Bonchev–Trinajstić information content (AvgIpc) is 1.67. The molecule has 746 valence electrons. The predicted octanol–water partition coefficient (Wildman–Crippen LogP) is 15.4. The third kappa shape index (κ3) is 21.9. The summed E-state index contributed by atoms with van der Waals surface area (Å²) in [6, 6.07) is 40.5. The highest BCUT2D eigenvalue weighted by atomic mass is 32.2. The highest BCUT2D eigenvalue weighted by Gasteiger charge is 2.48. The molecule has 6 aliphatic rings. The summed E-state index contributed by atoms with van der Waals surface area (Å²) in [5, 5.41) is 34.4. The zero-order chi connectivity index (χ0) is 101. The van der Waals surface area contributed by atoms with Gasteiger partial charge in [0.05, 0.1) is 64.4 Å². The molecule has 3 atom stereocenters. The molecule has 6 aliphatic heterocycles. The fourth-order valence-corrected chi connectivity index (χ4v) is 22.1. The van der Waals surface area contributed by atoms with E-state index in [1.807, 2.05) is 127 Å². The van der Waals surface area contributed by atoms with E-state index in [1.165, 1.54) is 66.0 Å². The second-order valence-corrected chi connectivity index (χ2v) is 40.4. The van der Waals surface area contributed by atoms with E-state index in [2.05, 4.69) is 136 Å². The number of benzene rings is 6. The molecule has 15 heterocycles. The Morgan fingerprint density at radius 3 is 1.12 bits per heavy atom. The van der Waals surface area contributed by atoms with Gasteiger partial charge in [-0.05, 0) is 215 Å². The molecule has 6 amide bonds. The first-order chi connectivity index (χ1) is 70.9. The number of aryl methyl sites for hydroxylation is 3. The molecule has 4 saturated heterocycles. The number of thioether (sulfide) groups is 3. The maximum absolute atomic E-state index is 15.1. The first-order valence-electron chi connectivity index (χ1n) is 48.2. The summed E-state index contributed by atoms with van der Waals surface area (Å²) in [5.74, 6) is 0.752. The Morgan fingerprint density at radius 2 is 0.753 bits per heavy atom. The molecule has 40 heteroatoms. The lowest BCUT2D eigenvalue weighted by Crippen LogP contribution is -2.46. The van der Waals surface area contributed by atoms with E-state index in [-0.39, 0.29) is 95.5 Å². The summed E-state index contributed by atoms with van der Waals surface area (Å²) in [4.78, 5) is 144. The SMILES string of the molecule is CCc1nccc(-c2n[nH]c3ccc(NC(=O)[C@]4(SC)CCN(CC(=O)N5CC=C(c6cc(F)c(-c7ncccn7)cc6F)CC5)C4)cc23)n1.CS[C@@]1(C(=O)Nc2ccc3[nH]nc(-c4ccnc(C)n4)c3c2)CCN(CC(=O)N2CC=C(c3cc(F)c(-c4ncccn4)cc3F)CC2)C1.CS[C@@]1(C(=O)Nc2ccc3[nH]nc(-c4ccnc(C)n4)c3c2)CCN(CC(=O)N2CCC(c3ccc(-c4ncccn4)cc3)CC2)C1.